The maximum Gasteiger partial charge on any atom is 0.573 e. The number of carbonyl (C=O) groups excluding carboxylic acids is 2. The Labute approximate surface area is 291 Å². The number of alkyl halides is 3. The van der Waals surface area contributed by atoms with E-state index >= 15 is 8.78 Å². The third-order valence-electron chi connectivity index (χ3n) is 9.06. The predicted molar refractivity (Wildman–Crippen MR) is 175 cm³/mol. The van der Waals surface area contributed by atoms with E-state index in [9.17, 15) is 27.9 Å². The van der Waals surface area contributed by atoms with Gasteiger partial charge >= 0.3 is 18.5 Å². The molecule has 1 saturated heterocycles. The number of nitrogens with zero attached hydrogens (tertiary/aromatic N) is 4. The molecule has 16 heteroatoms. The van der Waals surface area contributed by atoms with Gasteiger partial charge < -0.3 is 24.2 Å². The summed E-state index contributed by atoms with van der Waals surface area (Å²) < 4.78 is 89.8. The van der Waals surface area contributed by atoms with Crippen LogP contribution in [0.3, 0.4) is 0 Å². The Morgan fingerprint density at radius 1 is 1.04 bits per heavy atom. The Hall–Kier alpha value is -4.21. The summed E-state index contributed by atoms with van der Waals surface area (Å²) in [5.74, 6) is -4.87. The lowest BCUT2D eigenvalue weighted by molar-refractivity contribution is -0.275. The van der Waals surface area contributed by atoms with Crippen molar-refractivity contribution in [1.29, 1.82) is 0 Å². The molecule has 0 unspecified atom stereocenters. The second-order valence-electron chi connectivity index (χ2n) is 15.8. The van der Waals surface area contributed by atoms with E-state index in [0.29, 0.717) is 35.7 Å². The first-order chi connectivity index (χ1) is 23.6. The first-order valence-corrected chi connectivity index (χ1v) is 16.9. The lowest BCUT2D eigenvalue weighted by Gasteiger charge is -2.30. The average molecular weight is 724 g/mol. The Balaban J connectivity index is 1.48. The SMILES string of the molecule is CC(C)c1nc(-c2cc(NC(=O)OC(C)(C)C)cc(F)c2OC(F)(F)F)c(F)c2c1c([C@@H]1[C@H]3CN(C(=O)OC(C)(C)C)[C@H](CO)[C@H]31)nn2C1CC1. The third kappa shape index (κ3) is 7.28. The molecule has 2 amide bonds. The van der Waals surface area contributed by atoms with Gasteiger partial charge in [-0.05, 0) is 78.2 Å². The number of fused-ring (bicyclic) bond motifs is 2. The number of piperidine rings is 1. The second-order valence-corrected chi connectivity index (χ2v) is 15.8. The first kappa shape index (κ1) is 36.6. The van der Waals surface area contributed by atoms with Crippen molar-refractivity contribution in [2.45, 2.75) is 110 Å². The summed E-state index contributed by atoms with van der Waals surface area (Å²) in [6.45, 7) is 13.5. The molecule has 0 radical (unpaired) electrons. The highest BCUT2D eigenvalue weighted by atomic mass is 19.4. The van der Waals surface area contributed by atoms with E-state index in [2.05, 4.69) is 15.0 Å². The minimum atomic E-state index is -5.35. The van der Waals surface area contributed by atoms with Gasteiger partial charge in [-0.1, -0.05) is 13.8 Å². The first-order valence-electron chi connectivity index (χ1n) is 16.9. The zero-order chi connectivity index (χ0) is 37.5. The highest BCUT2D eigenvalue weighted by molar-refractivity contribution is 5.92. The number of carbonyl (C=O) groups is 2. The molecule has 3 aromatic rings. The molecule has 2 aliphatic carbocycles. The molecule has 2 aromatic heterocycles. The summed E-state index contributed by atoms with van der Waals surface area (Å²) in [5, 5.41) is 17.9. The molecule has 1 aromatic carbocycles. The molecular formula is C35H42F5N5O6. The number of nitrogens with one attached hydrogen (secondary N) is 1. The maximum absolute atomic E-state index is 17.1. The highest BCUT2D eigenvalue weighted by Crippen LogP contribution is 2.63. The number of aliphatic hydroxyl groups excluding tert-OH is 1. The van der Waals surface area contributed by atoms with Gasteiger partial charge in [0.2, 0.25) is 0 Å². The number of benzene rings is 1. The number of aliphatic hydroxyl groups is 1. The Kier molecular flexibility index (Phi) is 8.95. The lowest BCUT2D eigenvalue weighted by atomic mass is 9.97. The van der Waals surface area contributed by atoms with Crippen LogP contribution in [0.4, 0.5) is 37.2 Å². The Morgan fingerprint density at radius 2 is 1.69 bits per heavy atom. The van der Waals surface area contributed by atoms with E-state index < -0.39 is 70.4 Å². The van der Waals surface area contributed by atoms with Crippen molar-refractivity contribution in [2.24, 2.45) is 11.8 Å². The standard InChI is InChI=1S/C35H42F5N5O6/c1-15(2)26-24-28(23-19-13-44(21(14-46)22(19)23)32(48)51-34(6,7)8)43-45(17-9-10-17)29(24)25(37)27(42-26)18-11-16(41-31(47)50-33(3,4)5)12-20(36)30(18)49-35(38,39)40/h11-12,15,17,19,21-23,46H,9-10,13-14H2,1-8H3,(H,41,47)/t19-,21+,22-,23+/m0/s1. The van der Waals surface area contributed by atoms with Crippen LogP contribution < -0.4 is 10.1 Å². The summed E-state index contributed by atoms with van der Waals surface area (Å²) >= 11 is 0. The average Bonchev–Trinajstić information content (AvgIpc) is 3.87. The van der Waals surface area contributed by atoms with Crippen molar-refractivity contribution in [2.75, 3.05) is 18.5 Å². The van der Waals surface area contributed by atoms with E-state index in [0.717, 1.165) is 6.07 Å². The molecule has 3 fully saturated rings. The number of amides is 2. The van der Waals surface area contributed by atoms with Crippen LogP contribution in [-0.4, -0.2) is 73.7 Å². The maximum atomic E-state index is 17.1. The van der Waals surface area contributed by atoms with Crippen LogP contribution in [0.15, 0.2) is 12.1 Å². The number of ether oxygens (including phenoxy) is 3. The van der Waals surface area contributed by atoms with E-state index in [4.69, 9.17) is 14.6 Å². The fourth-order valence-corrected chi connectivity index (χ4v) is 7.01. The fraction of sp³-hybridized carbons (Fsp3) is 0.600. The summed E-state index contributed by atoms with van der Waals surface area (Å²) in [6, 6.07) is 0.807. The molecule has 6 rings (SSSR count). The predicted octanol–water partition coefficient (Wildman–Crippen LogP) is 8.02. The van der Waals surface area contributed by atoms with Gasteiger partial charge in [0.25, 0.3) is 0 Å². The van der Waals surface area contributed by atoms with E-state index in [-0.39, 0.29) is 48.2 Å². The summed E-state index contributed by atoms with van der Waals surface area (Å²) in [4.78, 5) is 31.5. The number of likely N-dealkylation sites (tertiary alicyclic amines) is 1. The van der Waals surface area contributed by atoms with Crippen LogP contribution in [0.2, 0.25) is 0 Å². The molecule has 3 aliphatic rings. The minimum Gasteiger partial charge on any atom is -0.444 e. The Bertz CT molecular complexity index is 1880. The lowest BCUT2D eigenvalue weighted by Crippen LogP contribution is -2.44. The van der Waals surface area contributed by atoms with Crippen molar-refractivity contribution in [3.63, 3.8) is 0 Å². The molecule has 0 bridgehead atoms. The summed E-state index contributed by atoms with van der Waals surface area (Å²) in [7, 11) is 0. The van der Waals surface area contributed by atoms with E-state index in [1.54, 1.807) is 55.4 Å². The third-order valence-corrected chi connectivity index (χ3v) is 9.06. The minimum absolute atomic E-state index is 0.000378. The van der Waals surface area contributed by atoms with E-state index in [1.807, 2.05) is 0 Å². The van der Waals surface area contributed by atoms with Gasteiger partial charge in [-0.2, -0.15) is 5.10 Å². The quantitative estimate of drug-likeness (QED) is 0.235. The summed E-state index contributed by atoms with van der Waals surface area (Å²) in [5.41, 5.74) is -2.47. The van der Waals surface area contributed by atoms with Crippen LogP contribution >= 0.6 is 0 Å². The molecule has 51 heavy (non-hydrogen) atoms. The van der Waals surface area contributed by atoms with Crippen LogP contribution in [0.1, 0.15) is 97.5 Å². The van der Waals surface area contributed by atoms with Crippen LogP contribution in [-0.2, 0) is 9.47 Å². The normalized spacial score (nSPS) is 22.0. The van der Waals surface area contributed by atoms with Crippen LogP contribution in [0.5, 0.6) is 5.75 Å². The van der Waals surface area contributed by atoms with Crippen molar-refractivity contribution in [1.82, 2.24) is 19.7 Å². The van der Waals surface area contributed by atoms with Crippen molar-refractivity contribution in [3.8, 4) is 17.0 Å². The largest absolute Gasteiger partial charge is 0.573 e. The number of hydrogen-bond acceptors (Lipinski definition) is 8. The van der Waals surface area contributed by atoms with Gasteiger partial charge in [0.15, 0.2) is 17.4 Å². The molecular weight excluding hydrogens is 681 g/mol. The molecule has 0 spiro atoms. The second kappa shape index (κ2) is 12.5. The summed E-state index contributed by atoms with van der Waals surface area (Å²) in [6.07, 6.45) is -5.55. The monoisotopic (exact) mass is 723 g/mol. The van der Waals surface area contributed by atoms with Gasteiger partial charge in [0.1, 0.15) is 22.4 Å². The molecule has 2 N–H and O–H groups in total. The number of anilines is 1. The number of rotatable bonds is 7. The highest BCUT2D eigenvalue weighted by Gasteiger charge is 2.64. The molecule has 2 saturated carbocycles. The van der Waals surface area contributed by atoms with Gasteiger partial charge in [-0.3, -0.25) is 10.00 Å². The van der Waals surface area contributed by atoms with E-state index in [1.165, 1.54) is 9.58 Å². The number of aromatic nitrogens is 3. The molecule has 11 nitrogen and oxygen atoms in total. The van der Waals surface area contributed by atoms with Gasteiger partial charge in [0, 0.05) is 29.6 Å². The molecule has 3 heterocycles. The van der Waals surface area contributed by atoms with Crippen molar-refractivity contribution < 1.29 is 50.9 Å². The molecule has 4 atom stereocenters. The number of pyridine rings is 1. The zero-order valence-electron chi connectivity index (χ0n) is 29.6. The van der Waals surface area contributed by atoms with Crippen LogP contribution in [0.25, 0.3) is 22.2 Å². The Morgan fingerprint density at radius 3 is 2.24 bits per heavy atom. The van der Waals surface area contributed by atoms with Gasteiger partial charge in [-0.15, -0.1) is 13.2 Å². The number of hydrogen-bond donors (Lipinski definition) is 2. The zero-order valence-corrected chi connectivity index (χ0v) is 29.6. The molecule has 278 valence electrons. The van der Waals surface area contributed by atoms with Gasteiger partial charge in [0.05, 0.1) is 35.6 Å². The van der Waals surface area contributed by atoms with Crippen molar-refractivity contribution >= 4 is 28.8 Å². The fourth-order valence-electron chi connectivity index (χ4n) is 7.01. The van der Waals surface area contributed by atoms with Crippen molar-refractivity contribution in [3.05, 3.63) is 35.2 Å². The topological polar surface area (TPSA) is 128 Å². The number of halogens is 5. The smallest absolute Gasteiger partial charge is 0.444 e. The van der Waals surface area contributed by atoms with Gasteiger partial charge in [-0.25, -0.2) is 23.4 Å². The molecule has 1 aliphatic heterocycles. The van der Waals surface area contributed by atoms with Crippen LogP contribution in [0, 0.1) is 23.5 Å².